The summed E-state index contributed by atoms with van der Waals surface area (Å²) < 4.78 is 59.5. The Morgan fingerprint density at radius 1 is 0.971 bits per heavy atom. The molecule has 0 fully saturated rings. The number of hydrogen-bond acceptors (Lipinski definition) is 5. The Bertz CT molecular complexity index is 1490. The maximum Gasteiger partial charge on any atom is 0.271 e. The van der Waals surface area contributed by atoms with Gasteiger partial charge in [-0.2, -0.15) is 14.5 Å². The van der Waals surface area contributed by atoms with Crippen LogP contribution in [0.4, 0.5) is 23.5 Å². The minimum Gasteiger partial charge on any atom is -0.366 e. The maximum absolute atomic E-state index is 14.6. The molecule has 0 saturated heterocycles. The second kappa shape index (κ2) is 7.94. The highest BCUT2D eigenvalue weighted by Gasteiger charge is 2.37. The van der Waals surface area contributed by atoms with Gasteiger partial charge in [0.2, 0.25) is 11.9 Å². The van der Waals surface area contributed by atoms with Crippen LogP contribution in [-0.4, -0.2) is 35.3 Å². The molecule has 0 spiro atoms. The summed E-state index contributed by atoms with van der Waals surface area (Å²) in [5.74, 6) is -4.35. The Morgan fingerprint density at radius 2 is 1.74 bits per heavy atom. The summed E-state index contributed by atoms with van der Waals surface area (Å²) in [5.41, 5.74) is 7.84. The van der Waals surface area contributed by atoms with Crippen molar-refractivity contribution in [3.05, 3.63) is 84.6 Å². The molecule has 0 aliphatic carbocycles. The van der Waals surface area contributed by atoms with Crippen LogP contribution in [0, 0.1) is 11.8 Å². The van der Waals surface area contributed by atoms with E-state index < -0.39 is 23.7 Å². The molecule has 4 heterocycles. The van der Waals surface area contributed by atoms with E-state index in [0.29, 0.717) is 22.3 Å². The van der Waals surface area contributed by atoms with Gasteiger partial charge in [0, 0.05) is 42.2 Å². The quantitative estimate of drug-likeness (QED) is 0.298. The fraction of sp³-hybridized carbons (Fsp3) is 0.130. The van der Waals surface area contributed by atoms with Crippen LogP contribution in [0.15, 0.2) is 67.3 Å². The summed E-state index contributed by atoms with van der Waals surface area (Å²) in [6.45, 7) is 0.771. The van der Waals surface area contributed by atoms with Crippen molar-refractivity contribution >= 4 is 11.6 Å². The lowest BCUT2D eigenvalue weighted by molar-refractivity contribution is -0.0217. The SMILES string of the molecule is CC(F)(F)[C@@H](c1ccc(F)cc1)n1cc(-c2cnc(F)c(-c3ccn4nc(N)nc4c3)c2)cn1. The third-order valence-corrected chi connectivity index (χ3v) is 5.37. The molecule has 0 unspecified atom stereocenters. The number of alkyl halides is 2. The largest absolute Gasteiger partial charge is 0.366 e. The maximum atomic E-state index is 14.6. The van der Waals surface area contributed by atoms with E-state index in [1.165, 1.54) is 35.2 Å². The highest BCUT2D eigenvalue weighted by atomic mass is 19.3. The van der Waals surface area contributed by atoms with Crippen molar-refractivity contribution in [1.82, 2.24) is 29.4 Å². The summed E-state index contributed by atoms with van der Waals surface area (Å²) in [6.07, 6.45) is 5.70. The standard InChI is InChI=1S/C23H17F4N7/c1-23(26,27)20(13-2-4-17(24)5-3-13)34-12-16(11-30-34)15-8-18(21(25)29-10-15)14-6-7-33-19(9-14)31-22(28)32-33/h2-12,20H,1H3,(H2,28,32)/t20-/m1/s1. The predicted molar refractivity (Wildman–Crippen MR) is 117 cm³/mol. The van der Waals surface area contributed by atoms with Crippen LogP contribution in [0.2, 0.25) is 0 Å². The molecule has 4 aromatic heterocycles. The van der Waals surface area contributed by atoms with Gasteiger partial charge in [0.1, 0.15) is 11.9 Å². The molecule has 172 valence electrons. The van der Waals surface area contributed by atoms with Crippen molar-refractivity contribution in [3.63, 3.8) is 0 Å². The fourth-order valence-corrected chi connectivity index (χ4v) is 3.83. The van der Waals surface area contributed by atoms with E-state index in [-0.39, 0.29) is 17.1 Å². The Morgan fingerprint density at radius 3 is 2.47 bits per heavy atom. The first kappa shape index (κ1) is 21.6. The lowest BCUT2D eigenvalue weighted by Gasteiger charge is -2.24. The number of nitrogens with two attached hydrogens (primary N) is 1. The number of fused-ring (bicyclic) bond motifs is 1. The molecular weight excluding hydrogens is 450 g/mol. The van der Waals surface area contributed by atoms with E-state index in [4.69, 9.17) is 5.73 Å². The first-order valence-corrected chi connectivity index (χ1v) is 10.1. The zero-order valence-electron chi connectivity index (χ0n) is 17.7. The van der Waals surface area contributed by atoms with Crippen LogP contribution in [0.25, 0.3) is 27.9 Å². The van der Waals surface area contributed by atoms with Gasteiger partial charge in [-0.25, -0.2) is 22.7 Å². The topological polar surface area (TPSA) is 86.9 Å². The van der Waals surface area contributed by atoms with E-state index in [1.807, 2.05) is 0 Å². The number of aromatic nitrogens is 6. The summed E-state index contributed by atoms with van der Waals surface area (Å²) in [7, 11) is 0. The lowest BCUT2D eigenvalue weighted by atomic mass is 10.0. The molecule has 0 amide bonds. The molecule has 1 atom stereocenters. The molecular formula is C23H17F4N7. The molecule has 5 rings (SSSR count). The van der Waals surface area contributed by atoms with Crippen molar-refractivity contribution in [3.8, 4) is 22.3 Å². The summed E-state index contributed by atoms with van der Waals surface area (Å²) in [5, 5.41) is 8.10. The highest BCUT2D eigenvalue weighted by molar-refractivity contribution is 5.73. The van der Waals surface area contributed by atoms with Gasteiger partial charge in [0.05, 0.1) is 6.20 Å². The summed E-state index contributed by atoms with van der Waals surface area (Å²) in [6, 6.07) is 8.16. The van der Waals surface area contributed by atoms with E-state index in [1.54, 1.807) is 24.4 Å². The second-order valence-electron chi connectivity index (χ2n) is 7.87. The van der Waals surface area contributed by atoms with Crippen LogP contribution in [0.5, 0.6) is 0 Å². The van der Waals surface area contributed by atoms with E-state index in [2.05, 4.69) is 20.2 Å². The number of anilines is 1. The zero-order chi connectivity index (χ0) is 24.0. The molecule has 11 heteroatoms. The number of hydrogen-bond donors (Lipinski definition) is 1. The van der Waals surface area contributed by atoms with Gasteiger partial charge in [0.25, 0.3) is 5.92 Å². The highest BCUT2D eigenvalue weighted by Crippen LogP contribution is 2.36. The van der Waals surface area contributed by atoms with Gasteiger partial charge >= 0.3 is 0 Å². The van der Waals surface area contributed by atoms with Crippen molar-refractivity contribution in [2.24, 2.45) is 0 Å². The van der Waals surface area contributed by atoms with Gasteiger partial charge < -0.3 is 5.73 Å². The Balaban J connectivity index is 1.54. The third kappa shape index (κ3) is 3.96. The zero-order valence-corrected chi connectivity index (χ0v) is 17.7. The smallest absolute Gasteiger partial charge is 0.271 e. The van der Waals surface area contributed by atoms with Crippen LogP contribution in [-0.2, 0) is 0 Å². The van der Waals surface area contributed by atoms with Gasteiger partial charge in [-0.05, 0) is 41.5 Å². The average Bonchev–Trinajstić information content (AvgIpc) is 3.40. The second-order valence-corrected chi connectivity index (χ2v) is 7.87. The number of nitrogens with zero attached hydrogens (tertiary/aromatic N) is 6. The van der Waals surface area contributed by atoms with Crippen LogP contribution >= 0.6 is 0 Å². The molecule has 0 bridgehead atoms. The molecule has 2 N–H and O–H groups in total. The van der Waals surface area contributed by atoms with Gasteiger partial charge in [0.15, 0.2) is 5.65 Å². The lowest BCUT2D eigenvalue weighted by Crippen LogP contribution is -2.29. The number of rotatable bonds is 5. The summed E-state index contributed by atoms with van der Waals surface area (Å²) >= 11 is 0. The predicted octanol–water partition coefficient (Wildman–Crippen LogP) is 4.76. The van der Waals surface area contributed by atoms with Gasteiger partial charge in [-0.15, -0.1) is 5.10 Å². The monoisotopic (exact) mass is 467 g/mol. The van der Waals surface area contributed by atoms with Crippen molar-refractivity contribution in [2.75, 3.05) is 5.73 Å². The van der Waals surface area contributed by atoms with Crippen LogP contribution < -0.4 is 5.73 Å². The summed E-state index contributed by atoms with van der Waals surface area (Å²) in [4.78, 5) is 7.90. The normalized spacial score (nSPS) is 12.9. The van der Waals surface area contributed by atoms with Gasteiger partial charge in [-0.1, -0.05) is 12.1 Å². The number of nitrogen functional groups attached to an aromatic ring is 1. The molecule has 0 radical (unpaired) electrons. The Labute approximate surface area is 190 Å². The molecule has 0 aliphatic heterocycles. The number of benzene rings is 1. The number of pyridine rings is 2. The average molecular weight is 467 g/mol. The molecule has 1 aromatic carbocycles. The first-order chi connectivity index (χ1) is 16.2. The molecule has 5 aromatic rings. The Kier molecular flexibility index (Phi) is 5.03. The first-order valence-electron chi connectivity index (χ1n) is 10.1. The number of halogens is 4. The van der Waals surface area contributed by atoms with Crippen LogP contribution in [0.3, 0.4) is 0 Å². The van der Waals surface area contributed by atoms with Crippen molar-refractivity contribution in [2.45, 2.75) is 18.9 Å². The van der Waals surface area contributed by atoms with E-state index >= 15 is 0 Å². The third-order valence-electron chi connectivity index (χ3n) is 5.37. The molecule has 0 saturated carbocycles. The van der Waals surface area contributed by atoms with E-state index in [0.717, 1.165) is 23.7 Å². The van der Waals surface area contributed by atoms with Crippen LogP contribution in [0.1, 0.15) is 18.5 Å². The van der Waals surface area contributed by atoms with Gasteiger partial charge in [-0.3, -0.25) is 4.68 Å². The van der Waals surface area contributed by atoms with Crippen molar-refractivity contribution < 1.29 is 17.6 Å². The minimum atomic E-state index is -3.19. The fourth-order valence-electron chi connectivity index (χ4n) is 3.83. The van der Waals surface area contributed by atoms with E-state index in [9.17, 15) is 17.6 Å². The minimum absolute atomic E-state index is 0.0837. The Hall–Kier alpha value is -4.28. The molecule has 34 heavy (non-hydrogen) atoms. The molecule has 0 aliphatic rings. The molecule has 7 nitrogen and oxygen atoms in total. The van der Waals surface area contributed by atoms with Crippen molar-refractivity contribution in [1.29, 1.82) is 0 Å².